The third-order valence-electron chi connectivity index (χ3n) is 3.16. The molecule has 2 N–H and O–H groups in total. The van der Waals surface area contributed by atoms with Crippen LogP contribution in [0.3, 0.4) is 0 Å². The van der Waals surface area contributed by atoms with Gasteiger partial charge in [0.25, 0.3) is 0 Å². The molecule has 16 heavy (non-hydrogen) atoms. The van der Waals surface area contributed by atoms with Crippen LogP contribution in [0.25, 0.3) is 10.9 Å². The average molecular weight is 234 g/mol. The van der Waals surface area contributed by atoms with Crippen LogP contribution in [0.15, 0.2) is 18.2 Å². The van der Waals surface area contributed by atoms with Crippen LogP contribution < -0.4 is 5.73 Å². The van der Waals surface area contributed by atoms with Crippen LogP contribution in [0, 0.1) is 6.92 Å². The molecule has 0 saturated heterocycles. The third-order valence-corrected chi connectivity index (χ3v) is 3.33. The molecule has 3 nitrogen and oxygen atoms in total. The molecule has 1 aliphatic carbocycles. The van der Waals surface area contributed by atoms with E-state index in [1.54, 1.807) is 0 Å². The largest absolute Gasteiger partial charge is 0.320 e. The van der Waals surface area contributed by atoms with Gasteiger partial charge in [0.2, 0.25) is 5.28 Å². The van der Waals surface area contributed by atoms with Crippen molar-refractivity contribution in [3.05, 3.63) is 34.7 Å². The summed E-state index contributed by atoms with van der Waals surface area (Å²) >= 11 is 5.95. The van der Waals surface area contributed by atoms with Gasteiger partial charge in [0, 0.05) is 5.39 Å². The molecule has 82 valence electrons. The van der Waals surface area contributed by atoms with Crippen LogP contribution in [-0.2, 0) is 5.54 Å². The standard InChI is InChI=1S/C12H12ClN3/c1-7-3-2-4-8-9(7)15-11(13)16-10(8)12(14)5-6-12/h2-4H,5-6,14H2,1H3. The van der Waals surface area contributed by atoms with E-state index in [0.29, 0.717) is 0 Å². The summed E-state index contributed by atoms with van der Waals surface area (Å²) < 4.78 is 0. The fourth-order valence-corrected chi connectivity index (χ4v) is 2.19. The third kappa shape index (κ3) is 1.39. The maximum atomic E-state index is 6.20. The van der Waals surface area contributed by atoms with Gasteiger partial charge in [0.05, 0.1) is 16.7 Å². The van der Waals surface area contributed by atoms with Crippen LogP contribution in [0.2, 0.25) is 5.28 Å². The zero-order valence-electron chi connectivity index (χ0n) is 9.00. The lowest BCUT2D eigenvalue weighted by atomic mass is 10.0. The van der Waals surface area contributed by atoms with Crippen LogP contribution in [0.4, 0.5) is 0 Å². The molecule has 0 unspecified atom stereocenters. The van der Waals surface area contributed by atoms with Crippen molar-refractivity contribution in [1.82, 2.24) is 9.97 Å². The number of hydrogen-bond acceptors (Lipinski definition) is 3. The van der Waals surface area contributed by atoms with Crippen molar-refractivity contribution in [3.8, 4) is 0 Å². The van der Waals surface area contributed by atoms with Crippen molar-refractivity contribution >= 4 is 22.5 Å². The number of rotatable bonds is 1. The molecule has 1 fully saturated rings. The smallest absolute Gasteiger partial charge is 0.223 e. The molecule has 2 aromatic rings. The Labute approximate surface area is 98.6 Å². The summed E-state index contributed by atoms with van der Waals surface area (Å²) in [7, 11) is 0. The van der Waals surface area contributed by atoms with Crippen molar-refractivity contribution in [2.45, 2.75) is 25.3 Å². The second-order valence-corrected chi connectivity index (χ2v) is 4.81. The molecule has 0 radical (unpaired) electrons. The summed E-state index contributed by atoms with van der Waals surface area (Å²) in [5.74, 6) is 0. The van der Waals surface area contributed by atoms with Gasteiger partial charge in [0.15, 0.2) is 0 Å². The number of benzene rings is 1. The second kappa shape index (κ2) is 3.15. The van der Waals surface area contributed by atoms with E-state index in [4.69, 9.17) is 17.3 Å². The molecule has 0 atom stereocenters. The number of halogens is 1. The first kappa shape index (κ1) is 10.00. The first-order chi connectivity index (χ1) is 7.60. The molecule has 3 rings (SSSR count). The summed E-state index contributed by atoms with van der Waals surface area (Å²) in [5, 5.41) is 1.32. The number of nitrogens with zero attached hydrogens (tertiary/aromatic N) is 2. The molecular formula is C12H12ClN3. The number of aryl methyl sites for hydroxylation is 1. The molecular weight excluding hydrogens is 222 g/mol. The zero-order chi connectivity index (χ0) is 11.3. The second-order valence-electron chi connectivity index (χ2n) is 4.47. The number of aromatic nitrogens is 2. The Kier molecular flexibility index (Phi) is 1.97. The SMILES string of the molecule is Cc1cccc2c(C3(N)CC3)nc(Cl)nc12. The number of fused-ring (bicyclic) bond motifs is 1. The predicted octanol–water partition coefficient (Wildman–Crippen LogP) is 2.54. The maximum absolute atomic E-state index is 6.20. The summed E-state index contributed by atoms with van der Waals surface area (Å²) in [6.07, 6.45) is 1.95. The van der Waals surface area contributed by atoms with Crippen LogP contribution >= 0.6 is 11.6 Å². The quantitative estimate of drug-likeness (QED) is 0.771. The lowest BCUT2D eigenvalue weighted by Gasteiger charge is -2.12. The summed E-state index contributed by atoms with van der Waals surface area (Å²) in [5.41, 5.74) is 8.83. The van der Waals surface area contributed by atoms with E-state index in [1.165, 1.54) is 0 Å². The highest BCUT2D eigenvalue weighted by molar-refractivity contribution is 6.28. The van der Waals surface area contributed by atoms with Crippen molar-refractivity contribution < 1.29 is 0 Å². The number of nitrogens with two attached hydrogens (primary N) is 1. The molecule has 1 heterocycles. The Morgan fingerprint density at radius 3 is 2.75 bits per heavy atom. The maximum Gasteiger partial charge on any atom is 0.223 e. The van der Waals surface area contributed by atoms with E-state index < -0.39 is 0 Å². The van der Waals surface area contributed by atoms with Gasteiger partial charge in [-0.05, 0) is 36.9 Å². The van der Waals surface area contributed by atoms with Crippen LogP contribution in [-0.4, -0.2) is 9.97 Å². The van der Waals surface area contributed by atoms with E-state index in [9.17, 15) is 0 Å². The lowest BCUT2D eigenvalue weighted by Crippen LogP contribution is -2.21. The summed E-state index contributed by atoms with van der Waals surface area (Å²) in [4.78, 5) is 8.58. The van der Waals surface area contributed by atoms with E-state index >= 15 is 0 Å². The van der Waals surface area contributed by atoms with Crippen molar-refractivity contribution in [3.63, 3.8) is 0 Å². The topological polar surface area (TPSA) is 51.8 Å². The van der Waals surface area contributed by atoms with Crippen LogP contribution in [0.5, 0.6) is 0 Å². The monoisotopic (exact) mass is 233 g/mol. The Bertz CT molecular complexity index is 576. The fourth-order valence-electron chi connectivity index (χ4n) is 2.02. The highest BCUT2D eigenvalue weighted by Crippen LogP contribution is 2.44. The molecule has 0 aliphatic heterocycles. The Morgan fingerprint density at radius 2 is 2.06 bits per heavy atom. The highest BCUT2D eigenvalue weighted by Gasteiger charge is 2.43. The van der Waals surface area contributed by atoms with Gasteiger partial charge in [-0.3, -0.25) is 0 Å². The van der Waals surface area contributed by atoms with E-state index in [1.807, 2.05) is 25.1 Å². The predicted molar refractivity (Wildman–Crippen MR) is 64.4 cm³/mol. The average Bonchev–Trinajstić information content (AvgIpc) is 2.98. The van der Waals surface area contributed by atoms with Gasteiger partial charge >= 0.3 is 0 Å². The van der Waals surface area contributed by atoms with Crippen molar-refractivity contribution in [2.75, 3.05) is 0 Å². The van der Waals surface area contributed by atoms with E-state index in [0.717, 1.165) is 35.0 Å². The van der Waals surface area contributed by atoms with Gasteiger partial charge in [-0.1, -0.05) is 18.2 Å². The first-order valence-electron chi connectivity index (χ1n) is 5.32. The minimum atomic E-state index is -0.279. The van der Waals surface area contributed by atoms with Crippen molar-refractivity contribution in [1.29, 1.82) is 0 Å². The van der Waals surface area contributed by atoms with Crippen molar-refractivity contribution in [2.24, 2.45) is 5.73 Å². The molecule has 4 heteroatoms. The van der Waals surface area contributed by atoms with Gasteiger partial charge in [-0.2, -0.15) is 0 Å². The molecule has 1 aromatic carbocycles. The minimum Gasteiger partial charge on any atom is -0.320 e. The number of para-hydroxylation sites is 1. The Morgan fingerprint density at radius 1 is 1.31 bits per heavy atom. The van der Waals surface area contributed by atoms with Gasteiger partial charge in [-0.15, -0.1) is 0 Å². The molecule has 1 aliphatic rings. The molecule has 1 aromatic heterocycles. The van der Waals surface area contributed by atoms with Gasteiger partial charge in [0.1, 0.15) is 0 Å². The lowest BCUT2D eigenvalue weighted by molar-refractivity contribution is 0.714. The fraction of sp³-hybridized carbons (Fsp3) is 0.333. The molecule has 0 spiro atoms. The minimum absolute atomic E-state index is 0.279. The first-order valence-corrected chi connectivity index (χ1v) is 5.70. The highest BCUT2D eigenvalue weighted by atomic mass is 35.5. The van der Waals surface area contributed by atoms with E-state index in [2.05, 4.69) is 9.97 Å². The van der Waals surface area contributed by atoms with E-state index in [-0.39, 0.29) is 10.8 Å². The molecule has 0 bridgehead atoms. The van der Waals surface area contributed by atoms with Gasteiger partial charge in [-0.25, -0.2) is 9.97 Å². The molecule has 0 amide bonds. The zero-order valence-corrected chi connectivity index (χ0v) is 9.75. The summed E-state index contributed by atoms with van der Waals surface area (Å²) in [6, 6.07) is 6.04. The van der Waals surface area contributed by atoms with Gasteiger partial charge < -0.3 is 5.73 Å². The normalized spacial score (nSPS) is 17.7. The summed E-state index contributed by atoms with van der Waals surface area (Å²) in [6.45, 7) is 2.02. The number of hydrogen-bond donors (Lipinski definition) is 1. The van der Waals surface area contributed by atoms with Crippen LogP contribution in [0.1, 0.15) is 24.1 Å². The Hall–Kier alpha value is -1.19. The molecule has 1 saturated carbocycles. The Balaban J connectivity index is 2.39.